The summed E-state index contributed by atoms with van der Waals surface area (Å²) < 4.78 is 0. The van der Waals surface area contributed by atoms with Crippen LogP contribution in [0.15, 0.2) is 18.3 Å². The molecule has 0 radical (unpaired) electrons. The second kappa shape index (κ2) is 8.11. The van der Waals surface area contributed by atoms with Crippen molar-refractivity contribution < 1.29 is 4.79 Å². The van der Waals surface area contributed by atoms with Crippen LogP contribution >= 0.6 is 0 Å². The van der Waals surface area contributed by atoms with Crippen molar-refractivity contribution in [1.29, 1.82) is 10.5 Å². The third kappa shape index (κ3) is 4.41. The molecule has 0 unspecified atom stereocenters. The van der Waals surface area contributed by atoms with Crippen LogP contribution < -0.4 is 10.6 Å². The highest BCUT2D eigenvalue weighted by molar-refractivity contribution is 5.79. The molecule has 0 bridgehead atoms. The number of anilines is 1. The lowest BCUT2D eigenvalue weighted by Crippen LogP contribution is -2.44. The maximum absolute atomic E-state index is 12.2. The fraction of sp³-hybridized carbons (Fsp3) is 0.500. The van der Waals surface area contributed by atoms with Crippen molar-refractivity contribution in [2.45, 2.75) is 31.8 Å². The molecular weight excluding hydrogens is 292 g/mol. The molecule has 0 aromatic carbocycles. The second-order valence-corrected chi connectivity index (χ2v) is 5.52. The predicted octanol–water partition coefficient (Wildman–Crippen LogP) is 0.858. The molecule has 1 aromatic heterocycles. The highest BCUT2D eigenvalue weighted by Gasteiger charge is 2.33. The van der Waals surface area contributed by atoms with Crippen LogP contribution in [0.25, 0.3) is 0 Å². The third-order valence-electron chi connectivity index (χ3n) is 3.88. The number of amides is 1. The number of nitrogens with one attached hydrogen (secondary N) is 2. The molecule has 1 saturated heterocycles. The van der Waals surface area contributed by atoms with Crippen LogP contribution in [0.1, 0.15) is 25.3 Å². The number of hydrogen-bond donors (Lipinski definition) is 2. The van der Waals surface area contributed by atoms with Crippen LogP contribution in [0.3, 0.4) is 0 Å². The Morgan fingerprint density at radius 2 is 2.22 bits per heavy atom. The van der Waals surface area contributed by atoms with E-state index in [9.17, 15) is 4.79 Å². The molecule has 120 valence electrons. The summed E-state index contributed by atoms with van der Waals surface area (Å²) in [5.41, 5.74) is 0.519. The molecule has 1 aliphatic rings. The van der Waals surface area contributed by atoms with Crippen molar-refractivity contribution in [3.05, 3.63) is 23.9 Å². The third-order valence-corrected chi connectivity index (χ3v) is 3.88. The van der Waals surface area contributed by atoms with Gasteiger partial charge in [-0.05, 0) is 31.9 Å². The normalized spacial score (nSPS) is 19.9. The Morgan fingerprint density at radius 3 is 2.87 bits per heavy atom. The van der Waals surface area contributed by atoms with Gasteiger partial charge in [0.1, 0.15) is 17.9 Å². The van der Waals surface area contributed by atoms with Gasteiger partial charge in [-0.1, -0.05) is 0 Å². The van der Waals surface area contributed by atoms with E-state index in [0.717, 1.165) is 12.8 Å². The van der Waals surface area contributed by atoms with E-state index < -0.39 is 0 Å². The molecule has 2 rings (SSSR count). The first-order valence-electron chi connectivity index (χ1n) is 7.67. The SMILES string of the molecule is C[C@@H]1CC[C@@H](C#N)N1C(=O)CNCCNc1ccc(C#N)cn1. The number of rotatable bonds is 6. The lowest BCUT2D eigenvalue weighted by atomic mass is 10.2. The van der Waals surface area contributed by atoms with Crippen LogP contribution in [0.5, 0.6) is 0 Å². The number of carbonyl (C=O) groups excluding carboxylic acids is 1. The smallest absolute Gasteiger partial charge is 0.237 e. The van der Waals surface area contributed by atoms with E-state index in [1.807, 2.05) is 13.0 Å². The van der Waals surface area contributed by atoms with Crippen LogP contribution in [-0.2, 0) is 4.79 Å². The van der Waals surface area contributed by atoms with Gasteiger partial charge >= 0.3 is 0 Å². The second-order valence-electron chi connectivity index (χ2n) is 5.52. The van der Waals surface area contributed by atoms with E-state index >= 15 is 0 Å². The van der Waals surface area contributed by atoms with Gasteiger partial charge in [-0.15, -0.1) is 0 Å². The Labute approximate surface area is 135 Å². The van der Waals surface area contributed by atoms with Gasteiger partial charge in [-0.25, -0.2) is 4.98 Å². The maximum atomic E-state index is 12.2. The molecule has 1 fully saturated rings. The van der Waals surface area contributed by atoms with E-state index in [1.54, 1.807) is 17.0 Å². The standard InChI is InChI=1S/C16H20N6O/c1-12-2-4-14(9-18)22(12)16(23)11-19-6-7-20-15-5-3-13(8-17)10-21-15/h3,5,10,12,14,19H,2,4,6-7,11H2,1H3,(H,20,21)/t12-,14+/m1/s1. The van der Waals surface area contributed by atoms with E-state index in [0.29, 0.717) is 24.5 Å². The zero-order chi connectivity index (χ0) is 16.7. The number of carbonyl (C=O) groups is 1. The van der Waals surface area contributed by atoms with Gasteiger partial charge < -0.3 is 15.5 Å². The van der Waals surface area contributed by atoms with E-state index in [2.05, 4.69) is 21.7 Å². The Morgan fingerprint density at radius 1 is 1.39 bits per heavy atom. The molecular formula is C16H20N6O. The minimum Gasteiger partial charge on any atom is -0.369 e. The van der Waals surface area contributed by atoms with Gasteiger partial charge in [0.25, 0.3) is 0 Å². The zero-order valence-electron chi connectivity index (χ0n) is 13.1. The summed E-state index contributed by atoms with van der Waals surface area (Å²) in [6.45, 7) is 3.43. The molecule has 0 spiro atoms. The van der Waals surface area contributed by atoms with Gasteiger partial charge in [0.05, 0.1) is 18.2 Å². The first-order valence-corrected chi connectivity index (χ1v) is 7.67. The summed E-state index contributed by atoms with van der Waals surface area (Å²) in [5.74, 6) is 0.660. The highest BCUT2D eigenvalue weighted by atomic mass is 16.2. The maximum Gasteiger partial charge on any atom is 0.237 e. The first-order chi connectivity index (χ1) is 11.2. The van der Waals surface area contributed by atoms with Crippen molar-refractivity contribution in [1.82, 2.24) is 15.2 Å². The Balaban J connectivity index is 1.68. The Bertz CT molecular complexity index is 615. The van der Waals surface area contributed by atoms with Crippen molar-refractivity contribution in [2.24, 2.45) is 0 Å². The topological polar surface area (TPSA) is 105 Å². The number of nitrogens with zero attached hydrogens (tertiary/aromatic N) is 4. The average molecular weight is 312 g/mol. The van der Waals surface area contributed by atoms with Gasteiger partial charge in [-0.2, -0.15) is 10.5 Å². The molecule has 1 amide bonds. The van der Waals surface area contributed by atoms with E-state index in [1.165, 1.54) is 6.20 Å². The molecule has 2 N–H and O–H groups in total. The number of pyridine rings is 1. The highest BCUT2D eigenvalue weighted by Crippen LogP contribution is 2.23. The molecule has 2 atom stereocenters. The quantitative estimate of drug-likeness (QED) is 0.755. The summed E-state index contributed by atoms with van der Waals surface area (Å²) in [6, 6.07) is 7.49. The van der Waals surface area contributed by atoms with Gasteiger partial charge in [-0.3, -0.25) is 4.79 Å². The predicted molar refractivity (Wildman–Crippen MR) is 85.3 cm³/mol. The molecule has 0 saturated carbocycles. The molecule has 2 heterocycles. The van der Waals surface area contributed by atoms with Crippen LogP contribution in [0, 0.1) is 22.7 Å². The van der Waals surface area contributed by atoms with Crippen molar-refractivity contribution in [2.75, 3.05) is 25.0 Å². The van der Waals surface area contributed by atoms with Crippen molar-refractivity contribution >= 4 is 11.7 Å². The minimum absolute atomic E-state index is 0.0296. The van der Waals surface area contributed by atoms with Gasteiger partial charge in [0.2, 0.25) is 5.91 Å². The van der Waals surface area contributed by atoms with Crippen molar-refractivity contribution in [3.8, 4) is 12.1 Å². The Kier molecular flexibility index (Phi) is 5.90. The van der Waals surface area contributed by atoms with E-state index in [-0.39, 0.29) is 24.5 Å². The molecule has 1 aliphatic heterocycles. The molecule has 23 heavy (non-hydrogen) atoms. The number of likely N-dealkylation sites (tertiary alicyclic amines) is 1. The summed E-state index contributed by atoms with van der Waals surface area (Å²) in [4.78, 5) is 18.0. The lowest BCUT2D eigenvalue weighted by Gasteiger charge is -2.24. The van der Waals surface area contributed by atoms with Gasteiger partial charge in [0.15, 0.2) is 0 Å². The van der Waals surface area contributed by atoms with Crippen LogP contribution in [-0.4, -0.2) is 47.5 Å². The molecule has 7 nitrogen and oxygen atoms in total. The van der Waals surface area contributed by atoms with Crippen LogP contribution in [0.4, 0.5) is 5.82 Å². The van der Waals surface area contributed by atoms with Crippen molar-refractivity contribution in [3.63, 3.8) is 0 Å². The first kappa shape index (κ1) is 16.7. The summed E-state index contributed by atoms with van der Waals surface area (Å²) >= 11 is 0. The van der Waals surface area contributed by atoms with Gasteiger partial charge in [0, 0.05) is 25.3 Å². The fourth-order valence-electron chi connectivity index (χ4n) is 2.66. The zero-order valence-corrected chi connectivity index (χ0v) is 13.1. The molecule has 0 aliphatic carbocycles. The molecule has 1 aromatic rings. The number of aromatic nitrogens is 1. The van der Waals surface area contributed by atoms with E-state index in [4.69, 9.17) is 10.5 Å². The summed E-state index contributed by atoms with van der Waals surface area (Å²) in [5, 5.41) is 24.0. The average Bonchev–Trinajstić information content (AvgIpc) is 2.95. The Hall–Kier alpha value is -2.64. The molecule has 7 heteroatoms. The summed E-state index contributed by atoms with van der Waals surface area (Å²) in [7, 11) is 0. The van der Waals surface area contributed by atoms with Crippen LogP contribution in [0.2, 0.25) is 0 Å². The monoisotopic (exact) mass is 312 g/mol. The fourth-order valence-corrected chi connectivity index (χ4v) is 2.66. The largest absolute Gasteiger partial charge is 0.369 e. The number of hydrogen-bond acceptors (Lipinski definition) is 6. The minimum atomic E-state index is -0.291. The lowest BCUT2D eigenvalue weighted by molar-refractivity contribution is -0.131. The summed E-state index contributed by atoms with van der Waals surface area (Å²) in [6.07, 6.45) is 3.15. The number of nitriles is 2.